The minimum atomic E-state index is 0.469. The molecule has 78 valence electrons. The number of H-pyrrole nitrogens is 1. The van der Waals surface area contributed by atoms with Crippen molar-refractivity contribution in [3.8, 4) is 0 Å². The third-order valence-corrected chi connectivity index (χ3v) is 3.29. The summed E-state index contributed by atoms with van der Waals surface area (Å²) in [5.41, 5.74) is 0. The monoisotopic (exact) mass is 212 g/mol. The first-order valence-electron chi connectivity index (χ1n) is 5.16. The Morgan fingerprint density at radius 3 is 2.43 bits per heavy atom. The maximum Gasteiger partial charge on any atom is 0.238 e. The van der Waals surface area contributed by atoms with Crippen LogP contribution in [0.25, 0.3) is 0 Å². The highest BCUT2D eigenvalue weighted by atomic mass is 32.1. The number of nitrogens with one attached hydrogen (secondary N) is 1. The normalized spacial score (nSPS) is 33.1. The Morgan fingerprint density at radius 1 is 1.29 bits per heavy atom. The quantitative estimate of drug-likeness (QED) is 0.727. The largest absolute Gasteiger partial charge is 0.239 e. The van der Waals surface area contributed by atoms with Crippen LogP contribution < -0.4 is 0 Å². The summed E-state index contributed by atoms with van der Waals surface area (Å²) in [5.74, 6) is 1.54. The Balaban J connectivity index is 2.19. The molecule has 0 radical (unpaired) electrons. The minimum absolute atomic E-state index is 0.469. The van der Waals surface area contributed by atoms with Crippen LogP contribution in [0.1, 0.15) is 39.2 Å². The summed E-state index contributed by atoms with van der Waals surface area (Å²) in [5, 5.41) is 10.4. The van der Waals surface area contributed by atoms with Crippen LogP contribution in [0.5, 0.6) is 0 Å². The molecule has 2 unspecified atom stereocenters. The van der Waals surface area contributed by atoms with Crippen molar-refractivity contribution in [2.45, 2.75) is 39.2 Å². The van der Waals surface area contributed by atoms with Gasteiger partial charge in [-0.2, -0.15) is 5.21 Å². The van der Waals surface area contributed by atoms with Gasteiger partial charge in [0.25, 0.3) is 0 Å². The van der Waals surface area contributed by atoms with E-state index >= 15 is 0 Å². The molecule has 1 fully saturated rings. The SMILES string of the molecule is CC1CC(C)CC(n2[nH]nnc2=S)C1. The van der Waals surface area contributed by atoms with Crippen LogP contribution in [-0.4, -0.2) is 20.2 Å². The Morgan fingerprint density at radius 2 is 1.93 bits per heavy atom. The lowest BCUT2D eigenvalue weighted by Gasteiger charge is -2.31. The van der Waals surface area contributed by atoms with Gasteiger partial charge in [0.05, 0.1) is 6.04 Å². The molecule has 1 saturated carbocycles. The van der Waals surface area contributed by atoms with Gasteiger partial charge in [-0.05, 0) is 43.3 Å². The Labute approximate surface area is 88.7 Å². The van der Waals surface area contributed by atoms with Crippen molar-refractivity contribution in [1.82, 2.24) is 20.2 Å². The van der Waals surface area contributed by atoms with Crippen molar-refractivity contribution in [2.75, 3.05) is 0 Å². The third-order valence-electron chi connectivity index (χ3n) is 3.01. The number of hydrogen-bond donors (Lipinski definition) is 1. The predicted molar refractivity (Wildman–Crippen MR) is 56.4 cm³/mol. The van der Waals surface area contributed by atoms with E-state index in [2.05, 4.69) is 29.4 Å². The van der Waals surface area contributed by atoms with Crippen molar-refractivity contribution in [2.24, 2.45) is 11.8 Å². The first-order valence-corrected chi connectivity index (χ1v) is 5.57. The molecule has 0 aromatic carbocycles. The zero-order valence-electron chi connectivity index (χ0n) is 8.60. The lowest BCUT2D eigenvalue weighted by Crippen LogP contribution is -2.23. The molecule has 1 aliphatic carbocycles. The molecule has 0 spiro atoms. The average Bonchev–Trinajstić information content (AvgIpc) is 2.49. The molecule has 1 N–H and O–H groups in total. The van der Waals surface area contributed by atoms with Gasteiger partial charge >= 0.3 is 0 Å². The van der Waals surface area contributed by atoms with Crippen LogP contribution in [0.15, 0.2) is 0 Å². The molecule has 1 heterocycles. The number of rotatable bonds is 1. The van der Waals surface area contributed by atoms with E-state index in [-0.39, 0.29) is 0 Å². The van der Waals surface area contributed by atoms with Gasteiger partial charge < -0.3 is 0 Å². The van der Waals surface area contributed by atoms with Gasteiger partial charge in [0.2, 0.25) is 4.77 Å². The standard InChI is InChI=1S/C9H16N4S/c1-6-3-7(2)5-8(4-6)13-9(14)10-11-12-13/h6-8H,3-5H2,1-2H3,(H,10,12,14). The molecule has 1 aromatic heterocycles. The smallest absolute Gasteiger partial charge is 0.238 e. The number of hydrogen-bond acceptors (Lipinski definition) is 3. The van der Waals surface area contributed by atoms with Gasteiger partial charge in [0, 0.05) is 0 Å². The van der Waals surface area contributed by atoms with Crippen LogP contribution in [0.2, 0.25) is 0 Å². The van der Waals surface area contributed by atoms with E-state index in [9.17, 15) is 0 Å². The summed E-state index contributed by atoms with van der Waals surface area (Å²) in [6.45, 7) is 4.60. The molecule has 1 aromatic rings. The van der Waals surface area contributed by atoms with E-state index in [1.807, 2.05) is 4.68 Å². The van der Waals surface area contributed by atoms with E-state index in [1.165, 1.54) is 19.3 Å². The first-order chi connectivity index (χ1) is 6.66. The summed E-state index contributed by atoms with van der Waals surface area (Å²) in [4.78, 5) is 0. The van der Waals surface area contributed by atoms with Gasteiger partial charge in [0.15, 0.2) is 0 Å². The van der Waals surface area contributed by atoms with E-state index in [0.717, 1.165) is 11.8 Å². The maximum absolute atomic E-state index is 5.10. The number of nitrogens with zero attached hydrogens (tertiary/aromatic N) is 3. The summed E-state index contributed by atoms with van der Waals surface area (Å²) in [6.07, 6.45) is 3.69. The fourth-order valence-electron chi connectivity index (χ4n) is 2.56. The highest BCUT2D eigenvalue weighted by Crippen LogP contribution is 2.35. The summed E-state index contributed by atoms with van der Waals surface area (Å²) in [6, 6.07) is 0.469. The molecule has 0 saturated heterocycles. The molecule has 0 bridgehead atoms. The van der Waals surface area contributed by atoms with Crippen LogP contribution >= 0.6 is 12.2 Å². The maximum atomic E-state index is 5.10. The molecule has 2 rings (SSSR count). The third kappa shape index (κ3) is 1.87. The Bertz CT molecular complexity index is 346. The highest BCUT2D eigenvalue weighted by Gasteiger charge is 2.25. The lowest BCUT2D eigenvalue weighted by atomic mass is 9.80. The fourth-order valence-corrected chi connectivity index (χ4v) is 2.79. The van der Waals surface area contributed by atoms with E-state index in [0.29, 0.717) is 10.8 Å². The number of tetrazole rings is 1. The van der Waals surface area contributed by atoms with Gasteiger partial charge in [-0.15, -0.1) is 0 Å². The summed E-state index contributed by atoms with van der Waals surface area (Å²) in [7, 11) is 0. The minimum Gasteiger partial charge on any atom is -0.239 e. The second-order valence-corrected chi connectivity index (χ2v) is 4.89. The second kappa shape index (κ2) is 3.81. The van der Waals surface area contributed by atoms with E-state index in [1.54, 1.807) is 0 Å². The molecule has 2 atom stereocenters. The Hall–Kier alpha value is -0.710. The topological polar surface area (TPSA) is 46.5 Å². The number of aromatic nitrogens is 4. The van der Waals surface area contributed by atoms with Crippen molar-refractivity contribution >= 4 is 12.2 Å². The van der Waals surface area contributed by atoms with Crippen molar-refractivity contribution < 1.29 is 0 Å². The first kappa shape index (κ1) is 9.83. The molecule has 1 aliphatic rings. The van der Waals surface area contributed by atoms with Gasteiger partial charge in [-0.25, -0.2) is 4.68 Å². The molecule has 4 nitrogen and oxygen atoms in total. The zero-order valence-corrected chi connectivity index (χ0v) is 9.42. The number of aromatic amines is 1. The van der Waals surface area contributed by atoms with Gasteiger partial charge in [-0.3, -0.25) is 0 Å². The Kier molecular flexibility index (Phi) is 2.67. The predicted octanol–water partition coefficient (Wildman–Crippen LogP) is 2.33. The second-order valence-electron chi connectivity index (χ2n) is 4.52. The van der Waals surface area contributed by atoms with Gasteiger partial charge in [-0.1, -0.05) is 24.2 Å². The average molecular weight is 212 g/mol. The molecule has 5 heteroatoms. The van der Waals surface area contributed by atoms with Gasteiger partial charge in [0.1, 0.15) is 0 Å². The molecule has 0 amide bonds. The molecule has 14 heavy (non-hydrogen) atoms. The highest BCUT2D eigenvalue weighted by molar-refractivity contribution is 7.71. The van der Waals surface area contributed by atoms with E-state index < -0.39 is 0 Å². The van der Waals surface area contributed by atoms with Crippen molar-refractivity contribution in [1.29, 1.82) is 0 Å². The molecular weight excluding hydrogens is 196 g/mol. The summed E-state index contributed by atoms with van der Waals surface area (Å²) >= 11 is 5.10. The fraction of sp³-hybridized carbons (Fsp3) is 0.889. The van der Waals surface area contributed by atoms with Crippen LogP contribution in [0.4, 0.5) is 0 Å². The lowest BCUT2D eigenvalue weighted by molar-refractivity contribution is 0.206. The molecule has 0 aliphatic heterocycles. The zero-order chi connectivity index (χ0) is 10.1. The van der Waals surface area contributed by atoms with Crippen LogP contribution in [-0.2, 0) is 0 Å². The summed E-state index contributed by atoms with van der Waals surface area (Å²) < 4.78 is 2.51. The van der Waals surface area contributed by atoms with Crippen LogP contribution in [0.3, 0.4) is 0 Å². The van der Waals surface area contributed by atoms with E-state index in [4.69, 9.17) is 12.2 Å². The van der Waals surface area contributed by atoms with Crippen LogP contribution in [0, 0.1) is 16.6 Å². The molecular formula is C9H16N4S. The van der Waals surface area contributed by atoms with Crippen molar-refractivity contribution in [3.63, 3.8) is 0 Å². The van der Waals surface area contributed by atoms with Crippen molar-refractivity contribution in [3.05, 3.63) is 4.77 Å².